The van der Waals surface area contributed by atoms with Crippen LogP contribution >= 0.6 is 0 Å². The molecule has 0 aliphatic carbocycles. The summed E-state index contributed by atoms with van der Waals surface area (Å²) in [7, 11) is 0. The van der Waals surface area contributed by atoms with Gasteiger partial charge in [0.2, 0.25) is 0 Å². The van der Waals surface area contributed by atoms with Crippen LogP contribution < -0.4 is 5.32 Å². The Morgan fingerprint density at radius 2 is 2.11 bits per heavy atom. The monoisotopic (exact) mass is 323 g/mol. The molecule has 2 aromatic rings. The number of nitrogens with one attached hydrogen (secondary N) is 1. The van der Waals surface area contributed by atoms with Gasteiger partial charge >= 0.3 is 114 Å². The molecule has 6 heteroatoms. The number of phenolic OH excluding ortho intramolecular Hbond substituents is 1. The third-order valence-corrected chi connectivity index (χ3v) is 3.92. The summed E-state index contributed by atoms with van der Waals surface area (Å²) in [5.41, 5.74) is 3.44. The van der Waals surface area contributed by atoms with Gasteiger partial charge in [-0.15, -0.1) is 0 Å². The van der Waals surface area contributed by atoms with Gasteiger partial charge in [0.05, 0.1) is 0 Å². The van der Waals surface area contributed by atoms with Crippen LogP contribution in [0.3, 0.4) is 0 Å². The maximum absolute atomic E-state index is 13.2. The van der Waals surface area contributed by atoms with Crippen molar-refractivity contribution >= 4 is 31.6 Å². The van der Waals surface area contributed by atoms with Crippen LogP contribution in [0.4, 0.5) is 21.5 Å². The first-order chi connectivity index (χ1) is 9.24. The topological polar surface area (TPSA) is 57.0 Å². The van der Waals surface area contributed by atoms with Crippen LogP contribution in [-0.2, 0) is 6.54 Å². The Hall–Kier alpha value is -1.91. The number of hydrogen-bond acceptors (Lipinski definition) is 4. The number of aromatic hydroxyl groups is 1. The van der Waals surface area contributed by atoms with Crippen molar-refractivity contribution in [3.63, 3.8) is 0 Å². The number of nitrogens with zero attached hydrogens (tertiary/aromatic N) is 2. The van der Waals surface area contributed by atoms with Gasteiger partial charge in [-0.3, -0.25) is 0 Å². The van der Waals surface area contributed by atoms with E-state index in [1.54, 1.807) is 6.07 Å². The maximum atomic E-state index is 13.2. The van der Waals surface area contributed by atoms with E-state index >= 15 is 0 Å². The first-order valence-corrected chi connectivity index (χ1v) is 7.20. The van der Waals surface area contributed by atoms with Crippen molar-refractivity contribution in [2.24, 2.45) is 7.92 Å². The molecule has 4 nitrogen and oxygen atoms in total. The van der Waals surface area contributed by atoms with Gasteiger partial charge in [-0.25, -0.2) is 0 Å². The van der Waals surface area contributed by atoms with E-state index in [4.69, 9.17) is 5.11 Å². The van der Waals surface area contributed by atoms with Crippen LogP contribution in [0.5, 0.6) is 5.75 Å². The molecule has 2 aromatic carbocycles. The third kappa shape index (κ3) is 2.45. The first-order valence-electron chi connectivity index (χ1n) is 5.66. The van der Waals surface area contributed by atoms with Crippen LogP contribution in [0.15, 0.2) is 44.3 Å². The number of rotatable bonds is 3. The zero-order valence-electron chi connectivity index (χ0n) is 9.80. The van der Waals surface area contributed by atoms with E-state index < -0.39 is 5.82 Å². The standard InChI is InChI=1S/C13H10FN3OSe/c14-9-6-8(4-5-12(9)18)7-15-10-2-1-3-11-13(10)17-19-16-11/h1-6,15,18H,7H2. The zero-order valence-corrected chi connectivity index (χ0v) is 11.5. The molecule has 1 aliphatic rings. The van der Waals surface area contributed by atoms with Crippen molar-refractivity contribution in [1.29, 1.82) is 0 Å². The second kappa shape index (κ2) is 4.99. The first kappa shape index (κ1) is 12.1. The molecule has 0 atom stereocenters. The number of anilines is 1. The second-order valence-electron chi connectivity index (χ2n) is 4.08. The summed E-state index contributed by atoms with van der Waals surface area (Å²) in [6.07, 6.45) is 0. The van der Waals surface area contributed by atoms with Gasteiger partial charge < -0.3 is 0 Å². The Morgan fingerprint density at radius 3 is 2.95 bits per heavy atom. The van der Waals surface area contributed by atoms with Crippen LogP contribution in [0.1, 0.15) is 5.56 Å². The fraction of sp³-hybridized carbons (Fsp3) is 0.0769. The number of phenols is 1. The van der Waals surface area contributed by atoms with Crippen molar-refractivity contribution < 1.29 is 9.50 Å². The van der Waals surface area contributed by atoms with E-state index in [-0.39, 0.29) is 20.3 Å². The Labute approximate surface area is 115 Å². The van der Waals surface area contributed by atoms with Crippen molar-refractivity contribution in [3.05, 3.63) is 47.8 Å². The van der Waals surface area contributed by atoms with E-state index in [1.165, 1.54) is 12.1 Å². The molecule has 0 saturated carbocycles. The van der Waals surface area contributed by atoms with E-state index in [2.05, 4.69) is 13.2 Å². The van der Waals surface area contributed by atoms with E-state index in [1.807, 2.05) is 18.2 Å². The van der Waals surface area contributed by atoms with E-state index in [0.717, 1.165) is 22.6 Å². The third-order valence-electron chi connectivity index (χ3n) is 2.78. The molecular formula is C13H10FN3OSe. The molecule has 0 aromatic heterocycles. The van der Waals surface area contributed by atoms with Gasteiger partial charge in [-0.1, -0.05) is 0 Å². The van der Waals surface area contributed by atoms with Gasteiger partial charge in [0, 0.05) is 0 Å². The van der Waals surface area contributed by atoms with Crippen LogP contribution in [0.2, 0.25) is 0 Å². The number of benzene rings is 2. The van der Waals surface area contributed by atoms with Crippen molar-refractivity contribution in [2.45, 2.75) is 6.54 Å². The Morgan fingerprint density at radius 1 is 1.21 bits per heavy atom. The number of halogens is 1. The van der Waals surface area contributed by atoms with Crippen molar-refractivity contribution in [1.82, 2.24) is 0 Å². The average molecular weight is 322 g/mol. The molecule has 1 heterocycles. The molecule has 0 unspecified atom stereocenters. The molecule has 0 amide bonds. The van der Waals surface area contributed by atoms with Gasteiger partial charge in [0.15, 0.2) is 0 Å². The molecule has 19 heavy (non-hydrogen) atoms. The fourth-order valence-corrected chi connectivity index (χ4v) is 2.96. The van der Waals surface area contributed by atoms with E-state index in [9.17, 15) is 4.39 Å². The second-order valence-corrected chi connectivity index (χ2v) is 5.19. The van der Waals surface area contributed by atoms with E-state index in [0.29, 0.717) is 6.54 Å². The zero-order chi connectivity index (χ0) is 13.2. The molecule has 1 aliphatic heterocycles. The summed E-state index contributed by atoms with van der Waals surface area (Å²) in [4.78, 5) is 0. The molecular weight excluding hydrogens is 312 g/mol. The molecule has 0 spiro atoms. The number of hydrogen-bond donors (Lipinski definition) is 2. The SMILES string of the molecule is Oc1ccc(CNc2cccc3c2N=[Se]=N3)cc1F. The number of fused-ring (bicyclic) bond motifs is 1. The van der Waals surface area contributed by atoms with Crippen LogP contribution in [-0.4, -0.2) is 19.7 Å². The van der Waals surface area contributed by atoms with Gasteiger partial charge in [-0.05, 0) is 0 Å². The summed E-state index contributed by atoms with van der Waals surface area (Å²) in [5, 5.41) is 12.4. The summed E-state index contributed by atoms with van der Waals surface area (Å²) in [6, 6.07) is 10.1. The normalized spacial score (nSPS) is 12.1. The van der Waals surface area contributed by atoms with Crippen molar-refractivity contribution in [2.75, 3.05) is 5.32 Å². The Balaban J connectivity index is 1.78. The Kier molecular flexibility index (Phi) is 3.19. The average Bonchev–Trinajstić information content (AvgIpc) is 2.89. The van der Waals surface area contributed by atoms with Crippen molar-refractivity contribution in [3.8, 4) is 5.75 Å². The van der Waals surface area contributed by atoms with Crippen LogP contribution in [0.25, 0.3) is 0 Å². The van der Waals surface area contributed by atoms with Gasteiger partial charge in [-0.2, -0.15) is 0 Å². The molecule has 2 N–H and O–H groups in total. The summed E-state index contributed by atoms with van der Waals surface area (Å²) in [5.74, 6) is -0.943. The minimum absolute atomic E-state index is 0.0647. The quantitative estimate of drug-likeness (QED) is 0.725. The van der Waals surface area contributed by atoms with Crippen LogP contribution in [0, 0.1) is 5.82 Å². The molecule has 0 radical (unpaired) electrons. The summed E-state index contributed by atoms with van der Waals surface area (Å²) < 4.78 is 21.9. The molecule has 0 bridgehead atoms. The predicted molar refractivity (Wildman–Crippen MR) is 71.8 cm³/mol. The molecule has 0 fully saturated rings. The summed E-state index contributed by atoms with van der Waals surface area (Å²) in [6.45, 7) is 0.468. The molecule has 0 saturated heterocycles. The van der Waals surface area contributed by atoms with Gasteiger partial charge in [0.1, 0.15) is 0 Å². The minimum atomic E-state index is -0.611. The summed E-state index contributed by atoms with van der Waals surface area (Å²) >= 11 is -0.0647. The fourth-order valence-electron chi connectivity index (χ4n) is 1.81. The van der Waals surface area contributed by atoms with Gasteiger partial charge in [0.25, 0.3) is 0 Å². The Bertz CT molecular complexity index is 711. The predicted octanol–water partition coefficient (Wildman–Crippen LogP) is 3.49. The molecule has 3 rings (SSSR count). The molecule has 96 valence electrons.